The fraction of sp³-hybridized carbons (Fsp3) is 0.500. The molecule has 0 spiro atoms. The summed E-state index contributed by atoms with van der Waals surface area (Å²) in [5.74, 6) is 0.0437. The minimum atomic E-state index is -0.974. The zero-order valence-electron chi connectivity index (χ0n) is 8.62. The number of aliphatic hydroxyl groups excluding tert-OH is 1. The Hall–Kier alpha value is -1.33. The van der Waals surface area contributed by atoms with Gasteiger partial charge in [0.1, 0.15) is 17.1 Å². The summed E-state index contributed by atoms with van der Waals surface area (Å²) in [6, 6.07) is 1.52. The van der Waals surface area contributed by atoms with Gasteiger partial charge >= 0.3 is 5.97 Å². The number of hydrogen-bond acceptors (Lipinski definition) is 4. The highest BCUT2D eigenvalue weighted by Gasteiger charge is 2.12. The SMILES string of the molecule is Cc1oc(CNCCCO)cc1C(=O)O. The number of carbonyl (C=O) groups is 1. The number of aliphatic hydroxyl groups is 1. The maximum Gasteiger partial charge on any atom is 0.339 e. The highest BCUT2D eigenvalue weighted by molar-refractivity contribution is 5.88. The summed E-state index contributed by atoms with van der Waals surface area (Å²) < 4.78 is 5.25. The number of nitrogens with one attached hydrogen (secondary N) is 1. The van der Waals surface area contributed by atoms with Gasteiger partial charge in [-0.2, -0.15) is 0 Å². The summed E-state index contributed by atoms with van der Waals surface area (Å²) in [7, 11) is 0. The molecule has 1 aromatic heterocycles. The van der Waals surface area contributed by atoms with E-state index in [0.29, 0.717) is 31.0 Å². The van der Waals surface area contributed by atoms with Crippen molar-refractivity contribution in [3.63, 3.8) is 0 Å². The highest BCUT2D eigenvalue weighted by Crippen LogP contribution is 2.14. The molecule has 1 rings (SSSR count). The Bertz CT molecular complexity index is 332. The molecule has 84 valence electrons. The van der Waals surface area contributed by atoms with Gasteiger partial charge in [0, 0.05) is 6.61 Å². The van der Waals surface area contributed by atoms with Crippen molar-refractivity contribution in [1.29, 1.82) is 0 Å². The second-order valence-electron chi connectivity index (χ2n) is 3.24. The van der Waals surface area contributed by atoms with Crippen LogP contribution in [0.15, 0.2) is 10.5 Å². The van der Waals surface area contributed by atoms with Gasteiger partial charge in [-0.15, -0.1) is 0 Å². The number of aromatic carboxylic acids is 1. The minimum absolute atomic E-state index is 0.143. The van der Waals surface area contributed by atoms with Gasteiger partial charge in [-0.05, 0) is 26.0 Å². The molecule has 0 atom stereocenters. The van der Waals surface area contributed by atoms with Crippen molar-refractivity contribution in [1.82, 2.24) is 5.32 Å². The van der Waals surface area contributed by atoms with Gasteiger partial charge in [0.25, 0.3) is 0 Å². The van der Waals surface area contributed by atoms with Crippen LogP contribution < -0.4 is 5.32 Å². The maximum absolute atomic E-state index is 10.7. The molecule has 1 aromatic rings. The van der Waals surface area contributed by atoms with Gasteiger partial charge in [0.05, 0.1) is 6.54 Å². The summed E-state index contributed by atoms with van der Waals surface area (Å²) in [5.41, 5.74) is 0.203. The quantitative estimate of drug-likeness (QED) is 0.608. The summed E-state index contributed by atoms with van der Waals surface area (Å²) in [6.07, 6.45) is 0.672. The Kier molecular flexibility index (Phi) is 4.33. The summed E-state index contributed by atoms with van der Waals surface area (Å²) in [5, 5.41) is 20.4. The number of carboxylic acid groups (broad SMARTS) is 1. The van der Waals surface area contributed by atoms with Gasteiger partial charge in [-0.25, -0.2) is 4.79 Å². The average Bonchev–Trinajstić information content (AvgIpc) is 2.55. The van der Waals surface area contributed by atoms with Gasteiger partial charge in [-0.3, -0.25) is 0 Å². The number of furan rings is 1. The van der Waals surface area contributed by atoms with Crippen molar-refractivity contribution in [2.75, 3.05) is 13.2 Å². The lowest BCUT2D eigenvalue weighted by molar-refractivity contribution is 0.0695. The molecule has 0 aliphatic rings. The predicted molar refractivity (Wildman–Crippen MR) is 53.8 cm³/mol. The molecule has 1 heterocycles. The van der Waals surface area contributed by atoms with E-state index < -0.39 is 5.97 Å². The molecule has 3 N–H and O–H groups in total. The summed E-state index contributed by atoms with van der Waals surface area (Å²) in [4.78, 5) is 10.7. The first-order chi connectivity index (χ1) is 7.15. The molecule has 0 aliphatic carbocycles. The third-order valence-corrected chi connectivity index (χ3v) is 2.01. The van der Waals surface area contributed by atoms with Crippen molar-refractivity contribution in [2.24, 2.45) is 0 Å². The first-order valence-electron chi connectivity index (χ1n) is 4.79. The van der Waals surface area contributed by atoms with Crippen LogP contribution in [0, 0.1) is 6.92 Å². The fourth-order valence-corrected chi connectivity index (χ4v) is 1.26. The van der Waals surface area contributed by atoms with Crippen LogP contribution in [0.2, 0.25) is 0 Å². The molecule has 5 heteroatoms. The molecule has 0 bridgehead atoms. The Morgan fingerprint density at radius 2 is 2.33 bits per heavy atom. The number of rotatable bonds is 6. The lowest BCUT2D eigenvalue weighted by atomic mass is 10.2. The van der Waals surface area contributed by atoms with E-state index >= 15 is 0 Å². The third kappa shape index (κ3) is 3.38. The van der Waals surface area contributed by atoms with E-state index in [1.807, 2.05) is 0 Å². The van der Waals surface area contributed by atoms with E-state index in [1.54, 1.807) is 6.92 Å². The van der Waals surface area contributed by atoms with E-state index in [9.17, 15) is 4.79 Å². The monoisotopic (exact) mass is 213 g/mol. The van der Waals surface area contributed by atoms with E-state index in [2.05, 4.69) is 5.32 Å². The molecule has 0 fully saturated rings. The van der Waals surface area contributed by atoms with Crippen molar-refractivity contribution >= 4 is 5.97 Å². The van der Waals surface area contributed by atoms with Crippen LogP contribution in [0.25, 0.3) is 0 Å². The van der Waals surface area contributed by atoms with Gasteiger partial charge < -0.3 is 19.9 Å². The van der Waals surface area contributed by atoms with E-state index in [4.69, 9.17) is 14.6 Å². The first kappa shape index (κ1) is 11.7. The predicted octanol–water partition coefficient (Wildman–Crippen LogP) is 0.758. The Morgan fingerprint density at radius 3 is 2.87 bits per heavy atom. The Labute approximate surface area is 87.7 Å². The third-order valence-electron chi connectivity index (χ3n) is 2.01. The zero-order valence-corrected chi connectivity index (χ0v) is 8.62. The van der Waals surface area contributed by atoms with Crippen molar-refractivity contribution in [3.8, 4) is 0 Å². The number of hydrogen-bond donors (Lipinski definition) is 3. The Morgan fingerprint density at radius 1 is 1.60 bits per heavy atom. The lowest BCUT2D eigenvalue weighted by Crippen LogP contribution is -2.15. The van der Waals surface area contributed by atoms with Crippen LogP contribution in [-0.2, 0) is 6.54 Å². The summed E-state index contributed by atoms with van der Waals surface area (Å²) in [6.45, 7) is 2.93. The highest BCUT2D eigenvalue weighted by atomic mass is 16.4. The zero-order chi connectivity index (χ0) is 11.3. The van der Waals surface area contributed by atoms with Crippen LogP contribution >= 0.6 is 0 Å². The first-order valence-corrected chi connectivity index (χ1v) is 4.79. The maximum atomic E-state index is 10.7. The molecule has 0 radical (unpaired) electrons. The van der Waals surface area contributed by atoms with Crippen LogP contribution in [-0.4, -0.2) is 29.3 Å². The van der Waals surface area contributed by atoms with Crippen molar-refractivity contribution < 1.29 is 19.4 Å². The van der Waals surface area contributed by atoms with Crippen molar-refractivity contribution in [2.45, 2.75) is 19.9 Å². The second kappa shape index (κ2) is 5.53. The molecule has 0 aliphatic heterocycles. The molecular weight excluding hydrogens is 198 g/mol. The Balaban J connectivity index is 2.48. The number of carboxylic acids is 1. The van der Waals surface area contributed by atoms with Crippen LogP contribution in [0.4, 0.5) is 0 Å². The molecule has 0 saturated carbocycles. The fourth-order valence-electron chi connectivity index (χ4n) is 1.26. The molecule has 0 saturated heterocycles. The second-order valence-corrected chi connectivity index (χ2v) is 3.24. The molecule has 5 nitrogen and oxygen atoms in total. The topological polar surface area (TPSA) is 82.7 Å². The largest absolute Gasteiger partial charge is 0.478 e. The van der Waals surface area contributed by atoms with E-state index in [1.165, 1.54) is 6.07 Å². The van der Waals surface area contributed by atoms with E-state index in [-0.39, 0.29) is 12.2 Å². The van der Waals surface area contributed by atoms with Gasteiger partial charge in [-0.1, -0.05) is 0 Å². The number of aryl methyl sites for hydroxylation is 1. The molecular formula is C10H15NO4. The molecule has 0 unspecified atom stereocenters. The van der Waals surface area contributed by atoms with Crippen LogP contribution in [0.5, 0.6) is 0 Å². The standard InChI is InChI=1S/C10H15NO4/c1-7-9(10(13)14)5-8(15-7)6-11-3-2-4-12/h5,11-12H,2-4,6H2,1H3,(H,13,14). The lowest BCUT2D eigenvalue weighted by Gasteiger charge is -1.99. The van der Waals surface area contributed by atoms with Crippen LogP contribution in [0.3, 0.4) is 0 Å². The van der Waals surface area contributed by atoms with Gasteiger partial charge in [0.2, 0.25) is 0 Å². The molecule has 15 heavy (non-hydrogen) atoms. The average molecular weight is 213 g/mol. The molecule has 0 amide bonds. The smallest absolute Gasteiger partial charge is 0.339 e. The summed E-state index contributed by atoms with van der Waals surface area (Å²) >= 11 is 0. The van der Waals surface area contributed by atoms with E-state index in [0.717, 1.165) is 0 Å². The van der Waals surface area contributed by atoms with Crippen LogP contribution in [0.1, 0.15) is 28.3 Å². The van der Waals surface area contributed by atoms with Gasteiger partial charge in [0.15, 0.2) is 0 Å². The normalized spacial score (nSPS) is 10.5. The minimum Gasteiger partial charge on any atom is -0.478 e. The molecule has 0 aromatic carbocycles. The van der Waals surface area contributed by atoms with Crippen molar-refractivity contribution in [3.05, 3.63) is 23.2 Å².